The second-order valence-electron chi connectivity index (χ2n) is 7.81. The van der Waals surface area contributed by atoms with E-state index in [4.69, 9.17) is 4.98 Å². The molecule has 0 saturated carbocycles. The summed E-state index contributed by atoms with van der Waals surface area (Å²) in [5.74, 6) is 0. The first kappa shape index (κ1) is 16.9. The minimum atomic E-state index is 0.157. The average molecular weight is 377 g/mol. The summed E-state index contributed by atoms with van der Waals surface area (Å²) in [6, 6.07) is 15.1. The Morgan fingerprint density at radius 2 is 1.93 bits per heavy atom. The minimum absolute atomic E-state index is 0.157. The smallest absolute Gasteiger partial charge is 0.0798 e. The van der Waals surface area contributed by atoms with Crippen molar-refractivity contribution in [2.75, 3.05) is 24.5 Å². The summed E-state index contributed by atoms with van der Waals surface area (Å²) in [6.45, 7) is 7.36. The lowest BCUT2D eigenvalue weighted by Gasteiger charge is -2.26. The number of benzene rings is 1. The van der Waals surface area contributed by atoms with E-state index in [-0.39, 0.29) is 5.41 Å². The van der Waals surface area contributed by atoms with E-state index in [2.05, 4.69) is 64.2 Å². The van der Waals surface area contributed by atoms with Gasteiger partial charge in [-0.2, -0.15) is 0 Å². The average Bonchev–Trinajstić information content (AvgIpc) is 3.37. The highest BCUT2D eigenvalue weighted by atomic mass is 32.1. The van der Waals surface area contributed by atoms with Gasteiger partial charge in [-0.25, -0.2) is 4.98 Å². The summed E-state index contributed by atoms with van der Waals surface area (Å²) < 4.78 is 0. The zero-order valence-electron chi connectivity index (χ0n) is 15.6. The number of thiazole rings is 1. The molecule has 2 aliphatic heterocycles. The number of rotatable bonds is 4. The fraction of sp³-hybridized carbons (Fsp3) is 0.364. The number of fused-ring (bicyclic) bond motifs is 2. The quantitative estimate of drug-likeness (QED) is 0.689. The first-order valence-corrected chi connectivity index (χ1v) is 10.5. The van der Waals surface area contributed by atoms with E-state index in [1.165, 1.54) is 33.9 Å². The summed E-state index contributed by atoms with van der Waals surface area (Å²) >= 11 is 1.78. The third kappa shape index (κ3) is 3.05. The fourth-order valence-electron chi connectivity index (χ4n) is 4.63. The summed E-state index contributed by atoms with van der Waals surface area (Å²) in [6.07, 6.45) is 3.14. The molecule has 4 nitrogen and oxygen atoms in total. The van der Waals surface area contributed by atoms with E-state index in [1.807, 2.05) is 11.7 Å². The number of nitrogens with zero attached hydrogens (tertiary/aromatic N) is 4. The zero-order valence-corrected chi connectivity index (χ0v) is 16.5. The van der Waals surface area contributed by atoms with Gasteiger partial charge in [0.2, 0.25) is 0 Å². The largest absolute Gasteiger partial charge is 0.365 e. The fourth-order valence-corrected chi connectivity index (χ4v) is 5.45. The van der Waals surface area contributed by atoms with E-state index in [0.29, 0.717) is 0 Å². The molecule has 0 amide bonds. The predicted octanol–water partition coefficient (Wildman–Crippen LogP) is 4.01. The summed E-state index contributed by atoms with van der Waals surface area (Å²) in [5, 5.41) is 0. The molecule has 27 heavy (non-hydrogen) atoms. The topological polar surface area (TPSA) is 32.3 Å². The normalized spacial score (nSPS) is 21.9. The number of anilines is 1. The minimum Gasteiger partial charge on any atom is -0.365 e. The van der Waals surface area contributed by atoms with Crippen molar-refractivity contribution in [1.29, 1.82) is 0 Å². The molecule has 0 bridgehead atoms. The molecular formula is C22H24N4S. The second-order valence-corrected chi connectivity index (χ2v) is 8.75. The Morgan fingerprint density at radius 3 is 2.74 bits per heavy atom. The third-order valence-electron chi connectivity index (χ3n) is 5.98. The molecule has 1 atom stereocenters. The molecule has 5 heteroatoms. The molecular weight excluding hydrogens is 352 g/mol. The van der Waals surface area contributed by atoms with Crippen LogP contribution in [0, 0.1) is 6.92 Å². The number of hydrogen-bond donors (Lipinski definition) is 0. The van der Waals surface area contributed by atoms with Crippen molar-refractivity contribution in [3.63, 3.8) is 0 Å². The van der Waals surface area contributed by atoms with Crippen LogP contribution in [0.1, 0.15) is 28.2 Å². The van der Waals surface area contributed by atoms with Crippen LogP contribution in [0.3, 0.4) is 0 Å². The Morgan fingerprint density at radius 1 is 1.04 bits per heavy atom. The lowest BCUT2D eigenvalue weighted by Crippen LogP contribution is -2.36. The van der Waals surface area contributed by atoms with Gasteiger partial charge in [0.1, 0.15) is 0 Å². The van der Waals surface area contributed by atoms with Crippen LogP contribution in [-0.2, 0) is 18.5 Å². The van der Waals surface area contributed by atoms with Crippen molar-refractivity contribution in [1.82, 2.24) is 14.9 Å². The maximum absolute atomic E-state index is 4.86. The maximum Gasteiger partial charge on any atom is 0.0798 e. The third-order valence-corrected chi connectivity index (χ3v) is 6.90. The summed E-state index contributed by atoms with van der Waals surface area (Å²) in [7, 11) is 0. The first-order valence-electron chi connectivity index (χ1n) is 9.59. The maximum atomic E-state index is 4.86. The number of pyridine rings is 1. The molecule has 2 aromatic heterocycles. The van der Waals surface area contributed by atoms with Gasteiger partial charge in [0.15, 0.2) is 0 Å². The van der Waals surface area contributed by atoms with E-state index >= 15 is 0 Å². The van der Waals surface area contributed by atoms with Gasteiger partial charge in [-0.15, -0.1) is 11.3 Å². The van der Waals surface area contributed by atoms with Crippen LogP contribution in [-0.4, -0.2) is 34.5 Å². The standard InChI is InChI=1S/C22H24N4S/c1-17-20(27-16-24-17)13-25-11-9-22(14-25)15-26(12-18-6-3-2-4-7-18)19-8-5-10-23-21(19)22/h2-8,10,16H,9,11-15H2,1H3/t22-/m0/s1. The Balaban J connectivity index is 1.39. The molecule has 138 valence electrons. The molecule has 1 spiro atoms. The van der Waals surface area contributed by atoms with Gasteiger partial charge in [-0.05, 0) is 37.6 Å². The number of aryl methyl sites for hydroxylation is 1. The molecule has 0 N–H and O–H groups in total. The molecule has 0 radical (unpaired) electrons. The van der Waals surface area contributed by atoms with Crippen molar-refractivity contribution in [2.24, 2.45) is 0 Å². The van der Waals surface area contributed by atoms with Gasteiger partial charge in [-0.1, -0.05) is 30.3 Å². The molecule has 4 heterocycles. The second kappa shape index (κ2) is 6.73. The summed E-state index contributed by atoms with van der Waals surface area (Å²) in [4.78, 5) is 15.8. The SMILES string of the molecule is Cc1ncsc1CN1CC[C@]2(C1)CN(Cc1ccccc1)c1cccnc12. The van der Waals surface area contributed by atoms with Crippen molar-refractivity contribution >= 4 is 17.0 Å². The van der Waals surface area contributed by atoms with Crippen LogP contribution in [0.4, 0.5) is 5.69 Å². The highest BCUT2D eigenvalue weighted by Crippen LogP contribution is 2.45. The molecule has 3 aromatic rings. The zero-order chi connectivity index (χ0) is 18.3. The number of likely N-dealkylation sites (tertiary alicyclic amines) is 1. The molecule has 5 rings (SSSR count). The van der Waals surface area contributed by atoms with Crippen molar-refractivity contribution in [2.45, 2.75) is 31.8 Å². The highest BCUT2D eigenvalue weighted by Gasteiger charge is 2.48. The van der Waals surface area contributed by atoms with Gasteiger partial charge in [-0.3, -0.25) is 9.88 Å². The van der Waals surface area contributed by atoms with Gasteiger partial charge in [0.25, 0.3) is 0 Å². The molecule has 2 aliphatic rings. The van der Waals surface area contributed by atoms with Gasteiger partial charge < -0.3 is 4.90 Å². The Kier molecular flexibility index (Phi) is 4.21. The van der Waals surface area contributed by atoms with Crippen LogP contribution in [0.5, 0.6) is 0 Å². The van der Waals surface area contributed by atoms with Crippen LogP contribution in [0.2, 0.25) is 0 Å². The van der Waals surface area contributed by atoms with E-state index in [0.717, 1.165) is 32.7 Å². The molecule has 0 unspecified atom stereocenters. The van der Waals surface area contributed by atoms with Gasteiger partial charge >= 0.3 is 0 Å². The van der Waals surface area contributed by atoms with Gasteiger partial charge in [0, 0.05) is 42.7 Å². The molecule has 1 saturated heterocycles. The highest BCUT2D eigenvalue weighted by molar-refractivity contribution is 7.09. The predicted molar refractivity (Wildman–Crippen MR) is 110 cm³/mol. The number of hydrogen-bond acceptors (Lipinski definition) is 5. The van der Waals surface area contributed by atoms with Crippen LogP contribution >= 0.6 is 11.3 Å². The van der Waals surface area contributed by atoms with Crippen LogP contribution in [0.25, 0.3) is 0 Å². The van der Waals surface area contributed by atoms with Crippen LogP contribution < -0.4 is 4.90 Å². The van der Waals surface area contributed by atoms with Crippen molar-refractivity contribution < 1.29 is 0 Å². The molecule has 1 aromatic carbocycles. The Bertz CT molecular complexity index is 938. The van der Waals surface area contributed by atoms with Crippen LogP contribution in [0.15, 0.2) is 54.2 Å². The van der Waals surface area contributed by atoms with E-state index in [1.54, 1.807) is 11.3 Å². The molecule has 1 fully saturated rings. The lowest BCUT2D eigenvalue weighted by molar-refractivity contribution is 0.307. The lowest BCUT2D eigenvalue weighted by atomic mass is 9.85. The van der Waals surface area contributed by atoms with Crippen molar-refractivity contribution in [3.05, 3.63) is 76.0 Å². The molecule has 0 aliphatic carbocycles. The van der Waals surface area contributed by atoms with Gasteiger partial charge in [0.05, 0.1) is 22.6 Å². The monoisotopic (exact) mass is 376 g/mol. The Labute approximate surface area is 164 Å². The van der Waals surface area contributed by atoms with E-state index < -0.39 is 0 Å². The number of aromatic nitrogens is 2. The summed E-state index contributed by atoms with van der Waals surface area (Å²) in [5.41, 5.74) is 7.27. The van der Waals surface area contributed by atoms with Crippen molar-refractivity contribution in [3.8, 4) is 0 Å². The van der Waals surface area contributed by atoms with E-state index in [9.17, 15) is 0 Å². The Hall–Kier alpha value is -2.24. The first-order chi connectivity index (χ1) is 13.2.